The van der Waals surface area contributed by atoms with Crippen LogP contribution in [0.25, 0.3) is 0 Å². The third-order valence-corrected chi connectivity index (χ3v) is 4.80. The van der Waals surface area contributed by atoms with Crippen LogP contribution in [0.4, 0.5) is 0 Å². The molecule has 0 aliphatic carbocycles. The molecule has 0 rings (SSSR count). The molecule has 0 aromatic heterocycles. The number of hydrogen-bond acceptors (Lipinski definition) is 2. The van der Waals surface area contributed by atoms with Crippen molar-refractivity contribution in [3.63, 3.8) is 0 Å². The molecule has 3 nitrogen and oxygen atoms in total. The molecule has 0 spiro atoms. The quantitative estimate of drug-likeness (QED) is 0.339. The van der Waals surface area contributed by atoms with Gasteiger partial charge >= 0.3 is 7.60 Å². The molecule has 4 heteroatoms. The molecule has 1 N–H and O–H groups in total. The van der Waals surface area contributed by atoms with Crippen molar-refractivity contribution in [3.8, 4) is 0 Å². The van der Waals surface area contributed by atoms with Gasteiger partial charge < -0.3 is 9.42 Å². The fraction of sp³-hybridized carbons (Fsp3) is 1.00. The molecule has 1 atom stereocenters. The molecule has 0 aromatic rings. The highest BCUT2D eigenvalue weighted by molar-refractivity contribution is 7.52. The summed E-state index contributed by atoms with van der Waals surface area (Å²) in [6, 6.07) is 0. The summed E-state index contributed by atoms with van der Waals surface area (Å²) >= 11 is 0. The van der Waals surface area contributed by atoms with Crippen LogP contribution in [0.3, 0.4) is 0 Å². The summed E-state index contributed by atoms with van der Waals surface area (Å²) in [7, 11) is -3.30. The van der Waals surface area contributed by atoms with Crippen LogP contribution in [0.15, 0.2) is 0 Å². The van der Waals surface area contributed by atoms with E-state index in [9.17, 15) is 9.46 Å². The van der Waals surface area contributed by atoms with Gasteiger partial charge in [-0.15, -0.1) is 0 Å². The molecule has 0 heterocycles. The van der Waals surface area contributed by atoms with Crippen molar-refractivity contribution < 1.29 is 14.0 Å². The van der Waals surface area contributed by atoms with Crippen LogP contribution in [-0.2, 0) is 9.09 Å². The summed E-state index contributed by atoms with van der Waals surface area (Å²) < 4.78 is 16.8. The summed E-state index contributed by atoms with van der Waals surface area (Å²) in [6.07, 6.45) is 12.9. The largest absolute Gasteiger partial charge is 0.328 e. The first-order chi connectivity index (χ1) is 9.12. The molecule has 0 aliphatic heterocycles. The lowest BCUT2D eigenvalue weighted by Gasteiger charge is -2.11. The standard InChI is InChI=1S/C15H33O3P/c1-3-5-7-9-10-11-12-14-18-19(16,17)15-13-8-6-4-2/h3-15H2,1-2H3,(H,16,17). The van der Waals surface area contributed by atoms with Gasteiger partial charge in [0.2, 0.25) is 0 Å². The van der Waals surface area contributed by atoms with E-state index in [1.807, 2.05) is 0 Å². The van der Waals surface area contributed by atoms with E-state index in [0.29, 0.717) is 12.8 Å². The third kappa shape index (κ3) is 14.4. The van der Waals surface area contributed by atoms with Gasteiger partial charge in [0.1, 0.15) is 0 Å². The van der Waals surface area contributed by atoms with E-state index < -0.39 is 7.60 Å². The van der Waals surface area contributed by atoms with Gasteiger partial charge in [-0.05, 0) is 12.8 Å². The highest BCUT2D eigenvalue weighted by atomic mass is 31.2. The summed E-state index contributed by atoms with van der Waals surface area (Å²) in [5, 5.41) is 0. The van der Waals surface area contributed by atoms with Crippen LogP contribution in [0, 0.1) is 0 Å². The Morgan fingerprint density at radius 1 is 0.789 bits per heavy atom. The Morgan fingerprint density at radius 3 is 1.84 bits per heavy atom. The monoisotopic (exact) mass is 292 g/mol. The number of unbranched alkanes of at least 4 members (excludes halogenated alkanes) is 9. The minimum absolute atomic E-state index is 0.323. The Labute approximate surface area is 119 Å². The van der Waals surface area contributed by atoms with Gasteiger partial charge in [-0.25, -0.2) is 0 Å². The van der Waals surface area contributed by atoms with Gasteiger partial charge in [-0.1, -0.05) is 71.6 Å². The first kappa shape index (κ1) is 19.1. The maximum atomic E-state index is 11.7. The Bertz CT molecular complexity index is 231. The van der Waals surface area contributed by atoms with Crippen LogP contribution < -0.4 is 0 Å². The van der Waals surface area contributed by atoms with Crippen LogP contribution in [0.5, 0.6) is 0 Å². The Balaban J connectivity index is 3.35. The third-order valence-electron chi connectivity index (χ3n) is 3.34. The summed E-state index contributed by atoms with van der Waals surface area (Å²) in [5.41, 5.74) is 0. The van der Waals surface area contributed by atoms with Crippen molar-refractivity contribution in [3.05, 3.63) is 0 Å². The first-order valence-corrected chi connectivity index (χ1v) is 9.85. The summed E-state index contributed by atoms with van der Waals surface area (Å²) in [4.78, 5) is 9.62. The second-order valence-electron chi connectivity index (χ2n) is 5.38. The van der Waals surface area contributed by atoms with Crippen molar-refractivity contribution in [2.24, 2.45) is 0 Å². The molecule has 0 amide bonds. The second kappa shape index (κ2) is 13.1. The average Bonchev–Trinajstić information content (AvgIpc) is 2.38. The molecule has 0 aromatic carbocycles. The molecule has 116 valence electrons. The Kier molecular flexibility index (Phi) is 13.3. The molecule has 0 saturated heterocycles. The van der Waals surface area contributed by atoms with Crippen LogP contribution in [0.2, 0.25) is 0 Å². The number of hydrogen-bond donors (Lipinski definition) is 1. The maximum absolute atomic E-state index is 11.7. The van der Waals surface area contributed by atoms with E-state index in [1.165, 1.54) is 32.1 Å². The predicted octanol–water partition coefficient (Wildman–Crippen LogP) is 5.52. The van der Waals surface area contributed by atoms with E-state index in [2.05, 4.69) is 13.8 Å². The highest BCUT2D eigenvalue weighted by Crippen LogP contribution is 2.43. The Morgan fingerprint density at radius 2 is 1.26 bits per heavy atom. The molecule has 0 aliphatic rings. The molecular weight excluding hydrogens is 259 g/mol. The van der Waals surface area contributed by atoms with Crippen LogP contribution in [-0.4, -0.2) is 17.7 Å². The fourth-order valence-corrected chi connectivity index (χ4v) is 3.24. The normalized spacial score (nSPS) is 14.5. The zero-order chi connectivity index (χ0) is 14.4. The second-order valence-corrected chi connectivity index (χ2v) is 7.36. The smallest absolute Gasteiger partial charge is 0.324 e. The lowest BCUT2D eigenvalue weighted by atomic mass is 10.1. The highest BCUT2D eigenvalue weighted by Gasteiger charge is 2.17. The van der Waals surface area contributed by atoms with E-state index in [0.717, 1.165) is 38.5 Å². The van der Waals surface area contributed by atoms with Crippen molar-refractivity contribution in [1.82, 2.24) is 0 Å². The lowest BCUT2D eigenvalue weighted by Crippen LogP contribution is -1.97. The summed E-state index contributed by atoms with van der Waals surface area (Å²) in [6.45, 7) is 4.79. The van der Waals surface area contributed by atoms with Gasteiger partial charge in [0.25, 0.3) is 0 Å². The van der Waals surface area contributed by atoms with Gasteiger partial charge in [0.05, 0.1) is 6.61 Å². The predicted molar refractivity (Wildman–Crippen MR) is 82.8 cm³/mol. The van der Waals surface area contributed by atoms with E-state index in [-0.39, 0.29) is 0 Å². The van der Waals surface area contributed by atoms with E-state index in [1.54, 1.807) is 0 Å². The zero-order valence-corrected chi connectivity index (χ0v) is 13.8. The van der Waals surface area contributed by atoms with Crippen LogP contribution >= 0.6 is 7.60 Å². The molecule has 0 bridgehead atoms. The molecule has 0 radical (unpaired) electrons. The van der Waals surface area contributed by atoms with Crippen molar-refractivity contribution in [2.45, 2.75) is 84.5 Å². The Hall–Kier alpha value is 0.150. The molecular formula is C15H33O3P. The first-order valence-electron chi connectivity index (χ1n) is 8.08. The van der Waals surface area contributed by atoms with Gasteiger partial charge in [-0.2, -0.15) is 0 Å². The van der Waals surface area contributed by atoms with Gasteiger partial charge in [0, 0.05) is 6.16 Å². The van der Waals surface area contributed by atoms with Crippen LogP contribution in [0.1, 0.15) is 84.5 Å². The molecule has 0 saturated carbocycles. The maximum Gasteiger partial charge on any atom is 0.328 e. The van der Waals surface area contributed by atoms with Crippen molar-refractivity contribution >= 4 is 7.60 Å². The van der Waals surface area contributed by atoms with Crippen molar-refractivity contribution in [2.75, 3.05) is 12.8 Å². The fourth-order valence-electron chi connectivity index (χ4n) is 2.07. The van der Waals surface area contributed by atoms with Gasteiger partial charge in [-0.3, -0.25) is 4.57 Å². The average molecular weight is 292 g/mol. The number of rotatable bonds is 14. The molecule has 0 fully saturated rings. The topological polar surface area (TPSA) is 46.5 Å². The van der Waals surface area contributed by atoms with E-state index in [4.69, 9.17) is 4.52 Å². The summed E-state index contributed by atoms with van der Waals surface area (Å²) in [5.74, 6) is 0. The lowest BCUT2D eigenvalue weighted by molar-refractivity contribution is 0.252. The van der Waals surface area contributed by atoms with E-state index >= 15 is 0 Å². The van der Waals surface area contributed by atoms with Gasteiger partial charge in [0.15, 0.2) is 0 Å². The minimum Gasteiger partial charge on any atom is -0.324 e. The zero-order valence-electron chi connectivity index (χ0n) is 12.9. The SMILES string of the molecule is CCCCCCCCCOP(=O)(O)CCCCCC. The van der Waals surface area contributed by atoms with Crippen molar-refractivity contribution in [1.29, 1.82) is 0 Å². The molecule has 1 unspecified atom stereocenters. The molecule has 19 heavy (non-hydrogen) atoms. The minimum atomic E-state index is -3.30.